The van der Waals surface area contributed by atoms with E-state index in [9.17, 15) is 9.18 Å². The number of aromatic carboxylic acids is 1. The molecule has 0 spiro atoms. The van der Waals surface area contributed by atoms with Gasteiger partial charge in [-0.3, -0.25) is 4.68 Å². The molecule has 6 heteroatoms. The fourth-order valence-electron chi connectivity index (χ4n) is 1.40. The highest BCUT2D eigenvalue weighted by Gasteiger charge is 2.09. The summed E-state index contributed by atoms with van der Waals surface area (Å²) >= 11 is 5.75. The zero-order valence-electron chi connectivity index (χ0n) is 8.60. The highest BCUT2D eigenvalue weighted by molar-refractivity contribution is 6.30. The molecule has 1 heterocycles. The summed E-state index contributed by atoms with van der Waals surface area (Å²) in [5.74, 6) is -1.52. The molecule has 0 aliphatic rings. The Morgan fingerprint density at radius 1 is 1.47 bits per heavy atom. The topological polar surface area (TPSA) is 55.1 Å². The molecule has 0 bridgehead atoms. The van der Waals surface area contributed by atoms with Crippen LogP contribution in [0.25, 0.3) is 0 Å². The van der Waals surface area contributed by atoms with E-state index in [-0.39, 0.29) is 12.2 Å². The zero-order chi connectivity index (χ0) is 12.4. The summed E-state index contributed by atoms with van der Waals surface area (Å²) in [4.78, 5) is 10.6. The first-order valence-corrected chi connectivity index (χ1v) is 5.15. The maximum Gasteiger partial charge on any atom is 0.356 e. The quantitative estimate of drug-likeness (QED) is 0.915. The number of hydrogen-bond acceptors (Lipinski definition) is 2. The molecule has 0 amide bonds. The van der Waals surface area contributed by atoms with Crippen molar-refractivity contribution in [2.24, 2.45) is 0 Å². The van der Waals surface area contributed by atoms with Gasteiger partial charge in [0, 0.05) is 16.8 Å². The Bertz CT molecular complexity index is 568. The molecule has 0 fully saturated rings. The average molecular weight is 255 g/mol. The summed E-state index contributed by atoms with van der Waals surface area (Å²) in [6.45, 7) is 0.139. The van der Waals surface area contributed by atoms with Crippen LogP contribution in [0, 0.1) is 5.82 Å². The Kier molecular flexibility index (Phi) is 3.10. The number of carbonyl (C=O) groups is 1. The number of nitrogens with zero attached hydrogens (tertiary/aromatic N) is 2. The largest absolute Gasteiger partial charge is 0.476 e. The van der Waals surface area contributed by atoms with Gasteiger partial charge in [-0.1, -0.05) is 11.6 Å². The van der Waals surface area contributed by atoms with Crippen LogP contribution in [0.2, 0.25) is 5.02 Å². The van der Waals surface area contributed by atoms with E-state index >= 15 is 0 Å². The first-order chi connectivity index (χ1) is 8.06. The summed E-state index contributed by atoms with van der Waals surface area (Å²) in [6, 6.07) is 5.55. The first-order valence-electron chi connectivity index (χ1n) is 4.77. The summed E-state index contributed by atoms with van der Waals surface area (Å²) in [5.41, 5.74) is 0.282. The lowest BCUT2D eigenvalue weighted by Gasteiger charge is -2.03. The second-order valence-corrected chi connectivity index (χ2v) is 3.88. The van der Waals surface area contributed by atoms with Crippen LogP contribution in [0.1, 0.15) is 16.1 Å². The molecule has 0 saturated heterocycles. The lowest BCUT2D eigenvalue weighted by atomic mass is 10.2. The van der Waals surface area contributed by atoms with E-state index in [4.69, 9.17) is 16.7 Å². The molecule has 4 nitrogen and oxygen atoms in total. The lowest BCUT2D eigenvalue weighted by molar-refractivity contribution is 0.0689. The molecule has 17 heavy (non-hydrogen) atoms. The van der Waals surface area contributed by atoms with Gasteiger partial charge in [0.25, 0.3) is 0 Å². The third kappa shape index (κ3) is 2.62. The van der Waals surface area contributed by atoms with Crippen LogP contribution < -0.4 is 0 Å². The van der Waals surface area contributed by atoms with E-state index in [1.54, 1.807) is 0 Å². The van der Waals surface area contributed by atoms with Crippen molar-refractivity contribution in [3.8, 4) is 0 Å². The van der Waals surface area contributed by atoms with E-state index in [1.807, 2.05) is 0 Å². The number of carboxylic acid groups (broad SMARTS) is 1. The predicted molar refractivity (Wildman–Crippen MR) is 59.7 cm³/mol. The fraction of sp³-hybridized carbons (Fsp3) is 0.0909. The standard InChI is InChI=1S/C11H8ClFN2O2/c12-8-1-2-9(13)7(5-8)6-15-4-3-10(14-15)11(16)17/h1-5H,6H2,(H,16,17). The van der Waals surface area contributed by atoms with Gasteiger partial charge in [0.05, 0.1) is 6.54 Å². The number of benzene rings is 1. The highest BCUT2D eigenvalue weighted by atomic mass is 35.5. The molecule has 0 aliphatic heterocycles. The van der Waals surface area contributed by atoms with Crippen LogP contribution >= 0.6 is 11.6 Å². The van der Waals surface area contributed by atoms with Gasteiger partial charge in [-0.25, -0.2) is 9.18 Å². The van der Waals surface area contributed by atoms with Crippen molar-refractivity contribution >= 4 is 17.6 Å². The van der Waals surface area contributed by atoms with Crippen LogP contribution in [0.5, 0.6) is 0 Å². The molecule has 0 saturated carbocycles. The van der Waals surface area contributed by atoms with Gasteiger partial charge in [0.2, 0.25) is 0 Å². The third-order valence-electron chi connectivity index (χ3n) is 2.20. The van der Waals surface area contributed by atoms with Crippen molar-refractivity contribution in [1.82, 2.24) is 9.78 Å². The molecule has 88 valence electrons. The summed E-state index contributed by atoms with van der Waals surface area (Å²) in [5, 5.41) is 12.9. The Hall–Kier alpha value is -1.88. The zero-order valence-corrected chi connectivity index (χ0v) is 9.36. The van der Waals surface area contributed by atoms with Crippen molar-refractivity contribution in [3.63, 3.8) is 0 Å². The van der Waals surface area contributed by atoms with E-state index in [1.165, 1.54) is 35.1 Å². The second-order valence-electron chi connectivity index (χ2n) is 3.44. The first kappa shape index (κ1) is 11.6. The Morgan fingerprint density at radius 2 is 2.24 bits per heavy atom. The Labute approximate surface area is 101 Å². The van der Waals surface area contributed by atoms with E-state index in [2.05, 4.69) is 5.10 Å². The third-order valence-corrected chi connectivity index (χ3v) is 2.43. The van der Waals surface area contributed by atoms with Gasteiger partial charge in [0.1, 0.15) is 5.82 Å². The highest BCUT2D eigenvalue weighted by Crippen LogP contribution is 2.15. The van der Waals surface area contributed by atoms with Crippen molar-refractivity contribution < 1.29 is 14.3 Å². The van der Waals surface area contributed by atoms with Crippen molar-refractivity contribution in [2.45, 2.75) is 6.54 Å². The fourth-order valence-corrected chi connectivity index (χ4v) is 1.60. The average Bonchev–Trinajstić information content (AvgIpc) is 2.72. The maximum absolute atomic E-state index is 13.4. The molecule has 1 aromatic carbocycles. The monoisotopic (exact) mass is 254 g/mol. The summed E-state index contributed by atoms with van der Waals surface area (Å²) < 4.78 is 14.7. The summed E-state index contributed by atoms with van der Waals surface area (Å²) in [7, 11) is 0. The Balaban J connectivity index is 2.25. The SMILES string of the molecule is O=C(O)c1ccn(Cc2cc(Cl)ccc2F)n1. The number of rotatable bonds is 3. The second kappa shape index (κ2) is 4.55. The number of carboxylic acids is 1. The van der Waals surface area contributed by atoms with Gasteiger partial charge in [0.15, 0.2) is 5.69 Å². The molecular weight excluding hydrogens is 247 g/mol. The van der Waals surface area contributed by atoms with Crippen molar-refractivity contribution in [3.05, 3.63) is 52.6 Å². The minimum atomic E-state index is -1.12. The molecule has 0 radical (unpaired) electrons. The van der Waals surface area contributed by atoms with E-state index in [0.717, 1.165) is 0 Å². The maximum atomic E-state index is 13.4. The smallest absolute Gasteiger partial charge is 0.356 e. The molecule has 0 aliphatic carbocycles. The van der Waals surface area contributed by atoms with Gasteiger partial charge in [-0.05, 0) is 24.3 Å². The Morgan fingerprint density at radius 3 is 2.88 bits per heavy atom. The van der Waals surface area contributed by atoms with Crippen LogP contribution in [-0.2, 0) is 6.54 Å². The van der Waals surface area contributed by atoms with Crippen LogP contribution in [0.4, 0.5) is 4.39 Å². The molecule has 0 atom stereocenters. The minimum absolute atomic E-state index is 0.0764. The van der Waals surface area contributed by atoms with Gasteiger partial charge >= 0.3 is 5.97 Å². The lowest BCUT2D eigenvalue weighted by Crippen LogP contribution is -2.05. The van der Waals surface area contributed by atoms with Crippen LogP contribution in [0.3, 0.4) is 0 Å². The van der Waals surface area contributed by atoms with Gasteiger partial charge < -0.3 is 5.11 Å². The molecule has 2 rings (SSSR count). The number of hydrogen-bond donors (Lipinski definition) is 1. The van der Waals surface area contributed by atoms with Gasteiger partial charge in [-0.2, -0.15) is 5.10 Å². The van der Waals surface area contributed by atoms with Crippen molar-refractivity contribution in [2.75, 3.05) is 0 Å². The molecular formula is C11H8ClFN2O2. The number of halogens is 2. The summed E-state index contributed by atoms with van der Waals surface area (Å²) in [6.07, 6.45) is 1.48. The molecule has 0 unspecified atom stereocenters. The molecule has 1 aromatic heterocycles. The van der Waals surface area contributed by atoms with Crippen molar-refractivity contribution in [1.29, 1.82) is 0 Å². The molecule has 1 N–H and O–H groups in total. The van der Waals surface area contributed by atoms with Gasteiger partial charge in [-0.15, -0.1) is 0 Å². The van der Waals surface area contributed by atoms with Crippen LogP contribution in [0.15, 0.2) is 30.5 Å². The number of aromatic nitrogens is 2. The molecule has 2 aromatic rings. The normalized spacial score (nSPS) is 10.5. The van der Waals surface area contributed by atoms with E-state index < -0.39 is 11.8 Å². The van der Waals surface area contributed by atoms with Crippen LogP contribution in [-0.4, -0.2) is 20.9 Å². The predicted octanol–water partition coefficient (Wildman–Crippen LogP) is 2.42. The van der Waals surface area contributed by atoms with E-state index in [0.29, 0.717) is 10.6 Å². The minimum Gasteiger partial charge on any atom is -0.476 e.